The van der Waals surface area contributed by atoms with Crippen molar-refractivity contribution in [2.75, 3.05) is 18.4 Å². The first-order valence-electron chi connectivity index (χ1n) is 9.65. The van der Waals surface area contributed by atoms with E-state index in [0.717, 1.165) is 18.4 Å². The molecule has 1 aliphatic rings. The third kappa shape index (κ3) is 5.39. The first-order chi connectivity index (χ1) is 13.5. The standard InChI is InChI=1S/C22H26FN3O2/c1-16(21(27)25-20-9-7-19(23)8-10-20)26-13-11-18(12-14-26)22(28)24-15-17-5-3-2-4-6-17/h2-10,16,18H,11-15H2,1H3,(H,24,28)(H,25,27)/t16-/m0/s1. The van der Waals surface area contributed by atoms with Crippen LogP contribution in [0.1, 0.15) is 25.3 Å². The number of anilines is 1. The molecule has 0 spiro atoms. The van der Waals surface area contributed by atoms with Crippen LogP contribution in [-0.4, -0.2) is 35.8 Å². The fraction of sp³-hybridized carbons (Fsp3) is 0.364. The summed E-state index contributed by atoms with van der Waals surface area (Å²) in [5.41, 5.74) is 1.66. The van der Waals surface area contributed by atoms with Crippen LogP contribution < -0.4 is 10.6 Å². The monoisotopic (exact) mass is 383 g/mol. The Morgan fingerprint density at radius 3 is 2.36 bits per heavy atom. The van der Waals surface area contributed by atoms with Crippen LogP contribution in [0.2, 0.25) is 0 Å². The Bertz CT molecular complexity index is 787. The lowest BCUT2D eigenvalue weighted by atomic mass is 9.94. The molecule has 5 nitrogen and oxygen atoms in total. The Hall–Kier alpha value is -2.73. The molecular weight excluding hydrogens is 357 g/mol. The molecule has 1 saturated heterocycles. The quantitative estimate of drug-likeness (QED) is 0.805. The van der Waals surface area contributed by atoms with Gasteiger partial charge in [-0.2, -0.15) is 0 Å². The van der Waals surface area contributed by atoms with Crippen molar-refractivity contribution < 1.29 is 14.0 Å². The van der Waals surface area contributed by atoms with E-state index in [0.29, 0.717) is 25.3 Å². The average Bonchev–Trinajstić information content (AvgIpc) is 2.74. The molecule has 2 amide bonds. The van der Waals surface area contributed by atoms with Gasteiger partial charge in [0.1, 0.15) is 5.82 Å². The molecule has 1 fully saturated rings. The Morgan fingerprint density at radius 2 is 1.71 bits per heavy atom. The lowest BCUT2D eigenvalue weighted by Gasteiger charge is -2.34. The molecule has 0 bridgehead atoms. The van der Waals surface area contributed by atoms with Gasteiger partial charge >= 0.3 is 0 Å². The van der Waals surface area contributed by atoms with Gasteiger partial charge < -0.3 is 10.6 Å². The van der Waals surface area contributed by atoms with Gasteiger partial charge in [-0.25, -0.2) is 4.39 Å². The zero-order valence-corrected chi connectivity index (χ0v) is 16.0. The summed E-state index contributed by atoms with van der Waals surface area (Å²) < 4.78 is 13.0. The number of halogens is 1. The number of amides is 2. The van der Waals surface area contributed by atoms with Gasteiger partial charge in [-0.15, -0.1) is 0 Å². The minimum atomic E-state index is -0.335. The highest BCUT2D eigenvalue weighted by Crippen LogP contribution is 2.20. The molecule has 0 aliphatic carbocycles. The molecule has 3 rings (SSSR count). The van der Waals surface area contributed by atoms with E-state index >= 15 is 0 Å². The van der Waals surface area contributed by atoms with Crippen molar-refractivity contribution in [3.05, 3.63) is 66.0 Å². The van der Waals surface area contributed by atoms with E-state index in [1.165, 1.54) is 12.1 Å². The van der Waals surface area contributed by atoms with Crippen LogP contribution in [0.25, 0.3) is 0 Å². The molecule has 0 unspecified atom stereocenters. The van der Waals surface area contributed by atoms with E-state index in [-0.39, 0.29) is 29.6 Å². The Morgan fingerprint density at radius 1 is 1.07 bits per heavy atom. The largest absolute Gasteiger partial charge is 0.352 e. The van der Waals surface area contributed by atoms with Gasteiger partial charge in [0.25, 0.3) is 0 Å². The Labute approximate surface area is 164 Å². The summed E-state index contributed by atoms with van der Waals surface area (Å²) in [7, 11) is 0. The number of nitrogens with zero attached hydrogens (tertiary/aromatic N) is 1. The van der Waals surface area contributed by atoms with Gasteiger partial charge in [0.15, 0.2) is 0 Å². The molecule has 0 aromatic heterocycles. The Kier molecular flexibility index (Phi) is 6.76. The summed E-state index contributed by atoms with van der Waals surface area (Å²) >= 11 is 0. The first-order valence-corrected chi connectivity index (χ1v) is 9.65. The van der Waals surface area contributed by atoms with Crippen molar-refractivity contribution >= 4 is 17.5 Å². The molecule has 1 aliphatic heterocycles. The number of benzene rings is 2. The summed E-state index contributed by atoms with van der Waals surface area (Å²) in [6.07, 6.45) is 1.46. The van der Waals surface area contributed by atoms with Crippen LogP contribution in [0.4, 0.5) is 10.1 Å². The number of rotatable bonds is 6. The summed E-state index contributed by atoms with van der Waals surface area (Å²) in [4.78, 5) is 26.9. The van der Waals surface area contributed by atoms with Crippen molar-refractivity contribution in [3.8, 4) is 0 Å². The van der Waals surface area contributed by atoms with Crippen molar-refractivity contribution in [3.63, 3.8) is 0 Å². The third-order valence-corrected chi connectivity index (χ3v) is 5.25. The second kappa shape index (κ2) is 9.46. The van der Waals surface area contributed by atoms with E-state index in [4.69, 9.17) is 0 Å². The van der Waals surface area contributed by atoms with Crippen molar-refractivity contribution in [1.82, 2.24) is 10.2 Å². The van der Waals surface area contributed by atoms with Crippen molar-refractivity contribution in [2.24, 2.45) is 5.92 Å². The number of nitrogens with one attached hydrogen (secondary N) is 2. The van der Waals surface area contributed by atoms with Crippen molar-refractivity contribution in [2.45, 2.75) is 32.4 Å². The smallest absolute Gasteiger partial charge is 0.241 e. The lowest BCUT2D eigenvalue weighted by molar-refractivity contribution is -0.127. The molecule has 0 radical (unpaired) electrons. The van der Waals surface area contributed by atoms with Gasteiger partial charge in [0, 0.05) is 18.2 Å². The molecular formula is C22H26FN3O2. The molecule has 1 heterocycles. The van der Waals surface area contributed by atoms with E-state index < -0.39 is 0 Å². The molecule has 148 valence electrons. The predicted molar refractivity (Wildman–Crippen MR) is 107 cm³/mol. The lowest BCUT2D eigenvalue weighted by Crippen LogP contribution is -2.48. The zero-order chi connectivity index (χ0) is 19.9. The average molecular weight is 383 g/mol. The van der Waals surface area contributed by atoms with E-state index in [9.17, 15) is 14.0 Å². The molecule has 1 atom stereocenters. The van der Waals surface area contributed by atoms with Crippen molar-refractivity contribution in [1.29, 1.82) is 0 Å². The summed E-state index contributed by atoms with van der Waals surface area (Å²) in [5, 5.41) is 5.82. The number of carbonyl (C=O) groups is 2. The maximum Gasteiger partial charge on any atom is 0.241 e. The summed E-state index contributed by atoms with van der Waals surface area (Å²) in [6.45, 7) is 3.79. The minimum Gasteiger partial charge on any atom is -0.352 e. The topological polar surface area (TPSA) is 61.4 Å². The SMILES string of the molecule is C[C@@H](C(=O)Nc1ccc(F)cc1)N1CCC(C(=O)NCc2ccccc2)CC1. The van der Waals surface area contributed by atoms with Crippen LogP contribution in [0.5, 0.6) is 0 Å². The molecule has 2 N–H and O–H groups in total. The first kappa shape index (κ1) is 20.0. The van der Waals surface area contributed by atoms with Crippen LogP contribution in [0, 0.1) is 11.7 Å². The highest BCUT2D eigenvalue weighted by atomic mass is 19.1. The predicted octanol–water partition coefficient (Wildman–Crippen LogP) is 3.18. The van der Waals surface area contributed by atoms with Crippen LogP contribution in [0.3, 0.4) is 0 Å². The Balaban J connectivity index is 1.44. The van der Waals surface area contributed by atoms with Crippen LogP contribution in [-0.2, 0) is 16.1 Å². The number of hydrogen-bond acceptors (Lipinski definition) is 3. The number of likely N-dealkylation sites (tertiary alicyclic amines) is 1. The maximum atomic E-state index is 13.0. The highest BCUT2D eigenvalue weighted by Gasteiger charge is 2.29. The number of piperidine rings is 1. The normalized spacial score (nSPS) is 16.4. The fourth-order valence-corrected chi connectivity index (χ4v) is 3.42. The van der Waals surface area contributed by atoms with Gasteiger partial charge in [0.05, 0.1) is 6.04 Å². The number of hydrogen-bond donors (Lipinski definition) is 2. The molecule has 0 saturated carbocycles. The molecule has 28 heavy (non-hydrogen) atoms. The highest BCUT2D eigenvalue weighted by molar-refractivity contribution is 5.94. The van der Waals surface area contributed by atoms with Crippen LogP contribution in [0.15, 0.2) is 54.6 Å². The van der Waals surface area contributed by atoms with E-state index in [1.807, 2.05) is 37.3 Å². The van der Waals surface area contributed by atoms with Gasteiger partial charge in [-0.1, -0.05) is 30.3 Å². The van der Waals surface area contributed by atoms with Gasteiger partial charge in [-0.05, 0) is 62.7 Å². The third-order valence-electron chi connectivity index (χ3n) is 5.25. The second-order valence-electron chi connectivity index (χ2n) is 7.19. The summed E-state index contributed by atoms with van der Waals surface area (Å²) in [5.74, 6) is -0.406. The van der Waals surface area contributed by atoms with Crippen LogP contribution >= 0.6 is 0 Å². The number of carbonyl (C=O) groups excluding carboxylic acids is 2. The van der Waals surface area contributed by atoms with Gasteiger partial charge in [-0.3, -0.25) is 14.5 Å². The minimum absolute atomic E-state index is 0.0210. The fourth-order valence-electron chi connectivity index (χ4n) is 3.42. The molecule has 2 aromatic rings. The van der Waals surface area contributed by atoms with E-state index in [1.54, 1.807) is 12.1 Å². The zero-order valence-electron chi connectivity index (χ0n) is 16.0. The molecule has 2 aromatic carbocycles. The second-order valence-corrected chi connectivity index (χ2v) is 7.19. The van der Waals surface area contributed by atoms with E-state index in [2.05, 4.69) is 15.5 Å². The summed E-state index contributed by atoms with van der Waals surface area (Å²) in [6, 6.07) is 15.3. The van der Waals surface area contributed by atoms with Gasteiger partial charge in [0.2, 0.25) is 11.8 Å². The maximum absolute atomic E-state index is 13.0. The molecule has 6 heteroatoms.